The first-order valence-corrected chi connectivity index (χ1v) is 6.56. The Balaban J connectivity index is 2.00. The van der Waals surface area contributed by atoms with Crippen molar-refractivity contribution in [3.05, 3.63) is 0 Å². The van der Waals surface area contributed by atoms with Crippen LogP contribution in [-0.2, 0) is 9.53 Å². The topological polar surface area (TPSA) is 52.7 Å². The van der Waals surface area contributed by atoms with Gasteiger partial charge in [-0.3, -0.25) is 0 Å². The average Bonchev–Trinajstić information content (AvgIpc) is 3.05. The Morgan fingerprint density at radius 1 is 1.31 bits per heavy atom. The average molecular weight is 227 g/mol. The van der Waals surface area contributed by atoms with Crippen LogP contribution in [0.15, 0.2) is 0 Å². The number of hydrogen-bond donors (Lipinski definition) is 0. The molecule has 0 aromatic rings. The highest BCUT2D eigenvalue weighted by atomic mass is 16.6. The predicted octanol–water partition coefficient (Wildman–Crippen LogP) is 1.89. The van der Waals surface area contributed by atoms with Gasteiger partial charge in [0.05, 0.1) is 12.7 Å². The van der Waals surface area contributed by atoms with Gasteiger partial charge >= 0.3 is 0 Å². The van der Waals surface area contributed by atoms with Gasteiger partial charge in [0.15, 0.2) is 0 Å². The van der Waals surface area contributed by atoms with Gasteiger partial charge in [-0.1, -0.05) is 45.4 Å². The molecule has 3 nitrogen and oxygen atoms in total. The summed E-state index contributed by atoms with van der Waals surface area (Å²) in [6.45, 7) is 2.93. The molecule has 1 aliphatic heterocycles. The molecule has 2 atom stereocenters. The van der Waals surface area contributed by atoms with E-state index in [2.05, 4.69) is 6.92 Å². The Morgan fingerprint density at radius 3 is 2.50 bits per heavy atom. The predicted molar refractivity (Wildman–Crippen MR) is 60.8 cm³/mol. The summed E-state index contributed by atoms with van der Waals surface area (Å²) in [6, 6.07) is 0. The lowest BCUT2D eigenvalue weighted by Gasteiger charge is -2.16. The van der Waals surface area contributed by atoms with Crippen molar-refractivity contribution >= 4 is 5.97 Å². The lowest BCUT2D eigenvalue weighted by Crippen LogP contribution is -2.32. The van der Waals surface area contributed by atoms with E-state index in [9.17, 15) is 9.90 Å². The SMILES string of the molecule is CCCCCCCCC(CC1CO1)C(=O)[O-]. The number of carbonyl (C=O) groups excluding carboxylic acids is 1. The van der Waals surface area contributed by atoms with Crippen LogP contribution in [-0.4, -0.2) is 18.7 Å². The van der Waals surface area contributed by atoms with Crippen LogP contribution in [0.4, 0.5) is 0 Å². The van der Waals surface area contributed by atoms with Crippen LogP contribution >= 0.6 is 0 Å². The molecule has 0 N–H and O–H groups in total. The van der Waals surface area contributed by atoms with Crippen LogP contribution in [0.2, 0.25) is 0 Å². The molecule has 1 saturated heterocycles. The molecule has 1 rings (SSSR count). The number of carbonyl (C=O) groups is 1. The monoisotopic (exact) mass is 227 g/mol. The summed E-state index contributed by atoms with van der Waals surface area (Å²) in [7, 11) is 0. The van der Waals surface area contributed by atoms with Crippen LogP contribution in [0.1, 0.15) is 58.3 Å². The molecular formula is C13H23O3-. The van der Waals surface area contributed by atoms with E-state index in [4.69, 9.17) is 4.74 Å². The number of hydrogen-bond acceptors (Lipinski definition) is 3. The Kier molecular flexibility index (Phi) is 6.46. The lowest BCUT2D eigenvalue weighted by atomic mass is 9.96. The highest BCUT2D eigenvalue weighted by Gasteiger charge is 2.26. The molecule has 3 heteroatoms. The fraction of sp³-hybridized carbons (Fsp3) is 0.923. The Hall–Kier alpha value is -0.570. The fourth-order valence-electron chi connectivity index (χ4n) is 2.02. The van der Waals surface area contributed by atoms with Crippen LogP contribution in [0.3, 0.4) is 0 Å². The van der Waals surface area contributed by atoms with Crippen LogP contribution in [0.25, 0.3) is 0 Å². The zero-order valence-electron chi connectivity index (χ0n) is 10.2. The van der Waals surface area contributed by atoms with Crippen molar-refractivity contribution in [1.82, 2.24) is 0 Å². The first-order valence-electron chi connectivity index (χ1n) is 6.56. The normalized spacial score (nSPS) is 20.7. The molecule has 0 radical (unpaired) electrons. The third-order valence-electron chi connectivity index (χ3n) is 3.19. The number of carboxylic acid groups (broad SMARTS) is 1. The number of aliphatic carboxylic acids is 1. The second-order valence-corrected chi connectivity index (χ2v) is 4.76. The van der Waals surface area contributed by atoms with E-state index in [1.165, 1.54) is 25.7 Å². The first-order chi connectivity index (χ1) is 7.74. The van der Waals surface area contributed by atoms with Crippen molar-refractivity contribution in [3.63, 3.8) is 0 Å². The molecule has 1 fully saturated rings. The molecule has 0 aliphatic carbocycles. The van der Waals surface area contributed by atoms with Crippen LogP contribution in [0.5, 0.6) is 0 Å². The molecule has 1 aliphatic rings. The summed E-state index contributed by atoms with van der Waals surface area (Å²) >= 11 is 0. The van der Waals surface area contributed by atoms with E-state index < -0.39 is 5.97 Å². The summed E-state index contributed by atoms with van der Waals surface area (Å²) in [4.78, 5) is 10.9. The van der Waals surface area contributed by atoms with E-state index >= 15 is 0 Å². The van der Waals surface area contributed by atoms with Crippen LogP contribution < -0.4 is 5.11 Å². The lowest BCUT2D eigenvalue weighted by molar-refractivity contribution is -0.312. The molecule has 0 aromatic heterocycles. The molecule has 0 saturated carbocycles. The minimum Gasteiger partial charge on any atom is -0.550 e. The van der Waals surface area contributed by atoms with Gasteiger partial charge in [-0.25, -0.2) is 0 Å². The van der Waals surface area contributed by atoms with Crippen molar-refractivity contribution < 1.29 is 14.6 Å². The largest absolute Gasteiger partial charge is 0.550 e. The molecule has 0 bridgehead atoms. The zero-order chi connectivity index (χ0) is 11.8. The summed E-state index contributed by atoms with van der Waals surface area (Å²) in [6.07, 6.45) is 8.81. The second kappa shape index (κ2) is 7.66. The van der Waals surface area contributed by atoms with Gasteiger partial charge < -0.3 is 14.6 Å². The molecule has 16 heavy (non-hydrogen) atoms. The third-order valence-corrected chi connectivity index (χ3v) is 3.19. The molecular weight excluding hydrogens is 204 g/mol. The quantitative estimate of drug-likeness (QED) is 0.423. The van der Waals surface area contributed by atoms with Gasteiger partial charge in [0.1, 0.15) is 0 Å². The zero-order valence-corrected chi connectivity index (χ0v) is 10.2. The molecule has 94 valence electrons. The van der Waals surface area contributed by atoms with Crippen molar-refractivity contribution in [2.45, 2.75) is 64.4 Å². The molecule has 0 spiro atoms. The number of carboxylic acids is 1. The number of ether oxygens (including phenoxy) is 1. The highest BCUT2D eigenvalue weighted by molar-refractivity contribution is 5.67. The van der Waals surface area contributed by atoms with Gasteiger partial charge in [0.2, 0.25) is 0 Å². The third kappa shape index (κ3) is 6.11. The van der Waals surface area contributed by atoms with Crippen molar-refractivity contribution in [1.29, 1.82) is 0 Å². The minimum atomic E-state index is -0.899. The standard InChI is InChI=1S/C13H24O3/c1-2-3-4-5-6-7-8-11(13(14)15)9-12-10-16-12/h11-12H,2-10H2,1H3,(H,14,15)/p-1. The fourth-order valence-corrected chi connectivity index (χ4v) is 2.02. The van der Waals surface area contributed by atoms with Gasteiger partial charge in [-0.05, 0) is 12.8 Å². The maximum Gasteiger partial charge on any atom is 0.0816 e. The Morgan fingerprint density at radius 2 is 1.94 bits per heavy atom. The van der Waals surface area contributed by atoms with Crippen molar-refractivity contribution in [3.8, 4) is 0 Å². The number of rotatable bonds is 10. The summed E-state index contributed by atoms with van der Waals surface area (Å²) in [5, 5.41) is 10.9. The van der Waals surface area contributed by atoms with Crippen molar-refractivity contribution in [2.24, 2.45) is 5.92 Å². The first kappa shape index (κ1) is 13.5. The molecule has 0 amide bonds. The van der Waals surface area contributed by atoms with Gasteiger partial charge in [0, 0.05) is 11.9 Å². The van der Waals surface area contributed by atoms with E-state index in [1.807, 2.05) is 0 Å². The van der Waals surface area contributed by atoms with E-state index in [1.54, 1.807) is 0 Å². The summed E-state index contributed by atoms with van der Waals surface area (Å²) in [5.74, 6) is -1.19. The maximum atomic E-state index is 10.9. The maximum absolute atomic E-state index is 10.9. The van der Waals surface area contributed by atoms with E-state index in [0.717, 1.165) is 25.9 Å². The second-order valence-electron chi connectivity index (χ2n) is 4.76. The summed E-state index contributed by atoms with van der Waals surface area (Å²) < 4.78 is 5.06. The van der Waals surface area contributed by atoms with Crippen LogP contribution in [0, 0.1) is 5.92 Å². The highest BCUT2D eigenvalue weighted by Crippen LogP contribution is 2.23. The number of epoxide rings is 1. The molecule has 2 unspecified atom stereocenters. The molecule has 1 heterocycles. The van der Waals surface area contributed by atoms with Gasteiger partial charge in [-0.2, -0.15) is 0 Å². The Bertz CT molecular complexity index is 199. The smallest absolute Gasteiger partial charge is 0.0816 e. The number of unbranched alkanes of at least 4 members (excludes halogenated alkanes) is 5. The molecule has 0 aromatic carbocycles. The van der Waals surface area contributed by atoms with Gasteiger partial charge in [-0.15, -0.1) is 0 Å². The van der Waals surface area contributed by atoms with E-state index in [-0.39, 0.29) is 12.0 Å². The van der Waals surface area contributed by atoms with E-state index in [0.29, 0.717) is 6.42 Å². The summed E-state index contributed by atoms with van der Waals surface area (Å²) in [5.41, 5.74) is 0. The Labute approximate surface area is 98.2 Å². The van der Waals surface area contributed by atoms with Gasteiger partial charge in [0.25, 0.3) is 0 Å². The minimum absolute atomic E-state index is 0.197. The van der Waals surface area contributed by atoms with Crippen molar-refractivity contribution in [2.75, 3.05) is 6.61 Å².